The molecule has 0 aromatic heterocycles. The van der Waals surface area contributed by atoms with E-state index in [4.69, 9.17) is 14.2 Å². The normalized spacial score (nSPS) is 10.5. The minimum atomic E-state index is -1.21. The van der Waals surface area contributed by atoms with Crippen molar-refractivity contribution >= 4 is 5.97 Å². The van der Waals surface area contributed by atoms with Crippen molar-refractivity contribution in [3.05, 3.63) is 65.7 Å². The van der Waals surface area contributed by atoms with E-state index in [1.807, 2.05) is 19.9 Å². The van der Waals surface area contributed by atoms with Gasteiger partial charge in [0.2, 0.25) is 0 Å². The van der Waals surface area contributed by atoms with Gasteiger partial charge in [0.15, 0.2) is 11.5 Å². The van der Waals surface area contributed by atoms with E-state index in [2.05, 4.69) is 0 Å². The first kappa shape index (κ1) is 24.5. The second-order valence-corrected chi connectivity index (χ2v) is 7.86. The van der Waals surface area contributed by atoms with Crippen LogP contribution in [0, 0.1) is 0 Å². The van der Waals surface area contributed by atoms with Gasteiger partial charge in [-0.25, -0.2) is 4.79 Å². The largest absolute Gasteiger partial charge is 0.508 e. The fourth-order valence-corrected chi connectivity index (χ4v) is 3.67. The highest BCUT2D eigenvalue weighted by Crippen LogP contribution is 2.46. The third kappa shape index (κ3) is 5.26. The van der Waals surface area contributed by atoms with Crippen LogP contribution in [0.1, 0.15) is 30.6 Å². The van der Waals surface area contributed by atoms with Crippen molar-refractivity contribution in [2.75, 3.05) is 20.8 Å². The predicted molar refractivity (Wildman–Crippen MR) is 130 cm³/mol. The van der Waals surface area contributed by atoms with Crippen LogP contribution in [0.25, 0.3) is 22.3 Å². The lowest BCUT2D eigenvalue weighted by Crippen LogP contribution is -2.07. The summed E-state index contributed by atoms with van der Waals surface area (Å²) in [5.41, 5.74) is 2.92. The Kier molecular flexibility index (Phi) is 7.68. The number of carboxylic acids is 1. The number of carbonyl (C=O) groups is 1. The number of benzene rings is 3. The van der Waals surface area contributed by atoms with E-state index in [1.54, 1.807) is 30.3 Å². The molecular weight excluding hydrogens is 436 g/mol. The number of hydrogen-bond acceptors (Lipinski definition) is 6. The lowest BCUT2D eigenvalue weighted by Gasteiger charge is -2.19. The summed E-state index contributed by atoms with van der Waals surface area (Å²) >= 11 is 0. The van der Waals surface area contributed by atoms with E-state index in [-0.39, 0.29) is 22.8 Å². The van der Waals surface area contributed by atoms with Crippen molar-refractivity contribution in [1.82, 2.24) is 0 Å². The summed E-state index contributed by atoms with van der Waals surface area (Å²) in [5, 5.41) is 30.3. The van der Waals surface area contributed by atoms with Gasteiger partial charge in [-0.05, 0) is 61.7 Å². The van der Waals surface area contributed by atoms with Crippen LogP contribution >= 0.6 is 0 Å². The predicted octanol–water partition coefficient (Wildman–Crippen LogP) is 5.88. The Morgan fingerprint density at radius 1 is 0.912 bits per heavy atom. The Labute approximate surface area is 198 Å². The number of phenolic OH excluding ortho intramolecular Hbond substituents is 2. The van der Waals surface area contributed by atoms with Crippen LogP contribution in [-0.4, -0.2) is 42.1 Å². The van der Waals surface area contributed by atoms with Crippen molar-refractivity contribution < 1.29 is 34.3 Å². The third-order valence-corrected chi connectivity index (χ3v) is 5.24. The van der Waals surface area contributed by atoms with Crippen LogP contribution in [0.15, 0.2) is 60.2 Å². The lowest BCUT2D eigenvalue weighted by molar-refractivity contribution is 0.0694. The summed E-state index contributed by atoms with van der Waals surface area (Å²) in [6.45, 7) is 4.43. The molecule has 0 aliphatic heterocycles. The molecule has 0 aliphatic carbocycles. The minimum Gasteiger partial charge on any atom is -0.508 e. The molecular formula is C27H28O7. The van der Waals surface area contributed by atoms with E-state index < -0.39 is 5.97 Å². The molecule has 0 radical (unpaired) electrons. The SMILES string of the molecule is COc1cc(-c2ccc(OCCC=C(C)C)c(O)c2)c(OC)c(C(=O)O)c1-c1ccc(O)cc1. The number of allylic oxidation sites excluding steroid dienone is 1. The van der Waals surface area contributed by atoms with Gasteiger partial charge in [0, 0.05) is 11.1 Å². The first-order valence-corrected chi connectivity index (χ1v) is 10.7. The molecule has 3 aromatic rings. The maximum atomic E-state index is 12.4. The van der Waals surface area contributed by atoms with Crippen LogP contribution in [0.5, 0.6) is 28.7 Å². The Balaban J connectivity index is 2.11. The van der Waals surface area contributed by atoms with Crippen LogP contribution < -0.4 is 14.2 Å². The standard InChI is InChI=1S/C27H28O7/c1-16(2)6-5-13-34-22-12-9-18(14-21(22)29)20-15-23(32-3)24(17-7-10-19(28)11-8-17)25(27(30)31)26(20)33-4/h6-12,14-15,28-29H,5,13H2,1-4H3,(H,30,31). The van der Waals surface area contributed by atoms with Gasteiger partial charge in [0.25, 0.3) is 0 Å². The van der Waals surface area contributed by atoms with Gasteiger partial charge in [-0.1, -0.05) is 29.8 Å². The molecule has 0 unspecified atom stereocenters. The highest BCUT2D eigenvalue weighted by Gasteiger charge is 2.26. The summed E-state index contributed by atoms with van der Waals surface area (Å²) < 4.78 is 16.8. The van der Waals surface area contributed by atoms with Crippen LogP contribution in [0.3, 0.4) is 0 Å². The summed E-state index contributed by atoms with van der Waals surface area (Å²) in [6.07, 6.45) is 2.76. The molecule has 3 rings (SSSR count). The zero-order valence-electron chi connectivity index (χ0n) is 19.6. The fourth-order valence-electron chi connectivity index (χ4n) is 3.67. The van der Waals surface area contributed by atoms with E-state index in [9.17, 15) is 20.1 Å². The van der Waals surface area contributed by atoms with Gasteiger partial charge in [-0.2, -0.15) is 0 Å². The highest BCUT2D eigenvalue weighted by molar-refractivity contribution is 6.04. The molecule has 3 N–H and O–H groups in total. The molecule has 0 saturated carbocycles. The molecule has 7 nitrogen and oxygen atoms in total. The molecule has 0 fully saturated rings. The van der Waals surface area contributed by atoms with Crippen molar-refractivity contribution in [1.29, 1.82) is 0 Å². The second-order valence-electron chi connectivity index (χ2n) is 7.86. The Hall–Kier alpha value is -4.13. The monoisotopic (exact) mass is 464 g/mol. The number of hydrogen-bond donors (Lipinski definition) is 3. The summed E-state index contributed by atoms with van der Waals surface area (Å²) in [4.78, 5) is 12.4. The smallest absolute Gasteiger partial charge is 0.340 e. The second kappa shape index (κ2) is 10.7. The fraction of sp³-hybridized carbons (Fsp3) is 0.222. The lowest BCUT2D eigenvalue weighted by atomic mass is 9.92. The Morgan fingerprint density at radius 2 is 1.59 bits per heavy atom. The summed E-state index contributed by atoms with van der Waals surface area (Å²) in [5.74, 6) is -0.468. The van der Waals surface area contributed by atoms with Crippen molar-refractivity contribution in [2.24, 2.45) is 0 Å². The number of methoxy groups -OCH3 is 2. The topological polar surface area (TPSA) is 105 Å². The van der Waals surface area contributed by atoms with E-state index in [0.29, 0.717) is 40.4 Å². The Bertz CT molecular complexity index is 1210. The molecule has 178 valence electrons. The molecule has 0 spiro atoms. The van der Waals surface area contributed by atoms with E-state index in [1.165, 1.54) is 38.0 Å². The summed E-state index contributed by atoms with van der Waals surface area (Å²) in [7, 11) is 2.83. The molecule has 34 heavy (non-hydrogen) atoms. The first-order chi connectivity index (χ1) is 16.3. The van der Waals surface area contributed by atoms with Crippen LogP contribution in [0.4, 0.5) is 0 Å². The maximum absolute atomic E-state index is 12.4. The average Bonchev–Trinajstić information content (AvgIpc) is 2.81. The quantitative estimate of drug-likeness (QED) is 0.268. The molecule has 3 aromatic carbocycles. The third-order valence-electron chi connectivity index (χ3n) is 5.24. The van der Waals surface area contributed by atoms with Crippen LogP contribution in [-0.2, 0) is 0 Å². The molecule has 0 heterocycles. The first-order valence-electron chi connectivity index (χ1n) is 10.7. The van der Waals surface area contributed by atoms with Crippen LogP contribution in [0.2, 0.25) is 0 Å². The summed E-state index contributed by atoms with van der Waals surface area (Å²) in [6, 6.07) is 12.7. The van der Waals surface area contributed by atoms with Crippen molar-refractivity contribution in [3.8, 4) is 51.0 Å². The zero-order valence-corrected chi connectivity index (χ0v) is 19.6. The van der Waals surface area contributed by atoms with Crippen molar-refractivity contribution in [2.45, 2.75) is 20.3 Å². The van der Waals surface area contributed by atoms with Gasteiger partial charge in [0.1, 0.15) is 22.8 Å². The van der Waals surface area contributed by atoms with Gasteiger partial charge < -0.3 is 29.5 Å². The molecule has 0 aliphatic rings. The minimum absolute atomic E-state index is 0.0572. The number of phenols is 2. The van der Waals surface area contributed by atoms with Crippen molar-refractivity contribution in [3.63, 3.8) is 0 Å². The van der Waals surface area contributed by atoms with Gasteiger partial charge in [-0.3, -0.25) is 0 Å². The highest BCUT2D eigenvalue weighted by atomic mass is 16.5. The number of carboxylic acid groups (broad SMARTS) is 1. The average molecular weight is 465 g/mol. The van der Waals surface area contributed by atoms with E-state index in [0.717, 1.165) is 6.42 Å². The zero-order chi connectivity index (χ0) is 24.8. The molecule has 7 heteroatoms. The van der Waals surface area contributed by atoms with E-state index >= 15 is 0 Å². The molecule has 0 saturated heterocycles. The maximum Gasteiger partial charge on any atom is 0.340 e. The molecule has 0 bridgehead atoms. The van der Waals surface area contributed by atoms with Gasteiger partial charge in [-0.15, -0.1) is 0 Å². The Morgan fingerprint density at radius 3 is 2.15 bits per heavy atom. The van der Waals surface area contributed by atoms with Gasteiger partial charge in [0.05, 0.1) is 20.8 Å². The number of aromatic hydroxyl groups is 2. The molecule has 0 atom stereocenters. The van der Waals surface area contributed by atoms with Gasteiger partial charge >= 0.3 is 5.97 Å². The molecule has 0 amide bonds. The number of ether oxygens (including phenoxy) is 3. The number of rotatable bonds is 9. The number of aromatic carboxylic acids is 1.